The summed E-state index contributed by atoms with van der Waals surface area (Å²) >= 11 is 0. The molecule has 4 nitrogen and oxygen atoms in total. The Morgan fingerprint density at radius 3 is 2.44 bits per heavy atom. The molecule has 1 saturated carbocycles. The van der Waals surface area contributed by atoms with Gasteiger partial charge in [-0.25, -0.2) is 0 Å². The normalized spacial score (nSPS) is 23.2. The zero-order valence-corrected chi connectivity index (χ0v) is 20.9. The third kappa shape index (κ3) is 5.90. The molecule has 1 aliphatic rings. The van der Waals surface area contributed by atoms with Gasteiger partial charge in [0.1, 0.15) is 23.1 Å². The Hall–Kier alpha value is -2.36. The molecule has 0 aliphatic heterocycles. The molecule has 1 N–H and O–H groups in total. The van der Waals surface area contributed by atoms with Crippen molar-refractivity contribution >= 4 is 11.6 Å². The number of aryl methyl sites for hydroxylation is 1. The number of hydrogen-bond donors (Lipinski definition) is 1. The molecule has 4 heteroatoms. The van der Waals surface area contributed by atoms with E-state index in [-0.39, 0.29) is 22.7 Å². The molecule has 1 aromatic rings. The van der Waals surface area contributed by atoms with Gasteiger partial charge in [-0.15, -0.1) is 0 Å². The quantitative estimate of drug-likeness (QED) is 0.413. The highest BCUT2D eigenvalue weighted by atomic mass is 16.5. The highest BCUT2D eigenvalue weighted by molar-refractivity contribution is 5.89. The third-order valence-electron chi connectivity index (χ3n) is 7.32. The van der Waals surface area contributed by atoms with E-state index in [0.29, 0.717) is 25.7 Å². The highest BCUT2D eigenvalue weighted by Crippen LogP contribution is 2.56. The van der Waals surface area contributed by atoms with Crippen LogP contribution in [-0.2, 0) is 16.0 Å². The second kappa shape index (κ2) is 10.5. The van der Waals surface area contributed by atoms with Crippen LogP contribution in [-0.4, -0.2) is 23.8 Å². The van der Waals surface area contributed by atoms with Gasteiger partial charge in [0, 0.05) is 30.2 Å². The number of rotatable bonds is 10. The number of methoxy groups -OCH3 is 1. The number of allylic oxidation sites excluding steroid dienone is 4. The number of ether oxygens (including phenoxy) is 1. The smallest absolute Gasteiger partial charge is 0.143 e. The van der Waals surface area contributed by atoms with Crippen LogP contribution in [0.5, 0.6) is 11.5 Å². The Balaban J connectivity index is 2.07. The van der Waals surface area contributed by atoms with Gasteiger partial charge in [-0.3, -0.25) is 9.59 Å². The molecule has 0 aromatic heterocycles. The maximum Gasteiger partial charge on any atom is 0.143 e. The summed E-state index contributed by atoms with van der Waals surface area (Å²) in [5.41, 5.74) is 3.20. The molecule has 1 fully saturated rings. The summed E-state index contributed by atoms with van der Waals surface area (Å²) in [4.78, 5) is 26.1. The first-order chi connectivity index (χ1) is 14.9. The van der Waals surface area contributed by atoms with Crippen molar-refractivity contribution < 1.29 is 19.4 Å². The number of carbonyl (C=O) groups is 2. The molecule has 2 atom stereocenters. The molecular weight excluding hydrogens is 400 g/mol. The van der Waals surface area contributed by atoms with Crippen molar-refractivity contribution in [2.45, 2.75) is 86.5 Å². The Kier molecular flexibility index (Phi) is 8.50. The summed E-state index contributed by atoms with van der Waals surface area (Å²) in [6.45, 7) is 12.1. The van der Waals surface area contributed by atoms with E-state index in [1.54, 1.807) is 19.2 Å². The molecule has 0 saturated heterocycles. The van der Waals surface area contributed by atoms with Crippen molar-refractivity contribution in [3.8, 4) is 11.5 Å². The molecule has 1 aromatic carbocycles. The van der Waals surface area contributed by atoms with Crippen LogP contribution in [0, 0.1) is 17.8 Å². The Bertz CT molecular complexity index is 920. The zero-order valence-electron chi connectivity index (χ0n) is 20.9. The fourth-order valence-electron chi connectivity index (χ4n) is 5.13. The first-order valence-electron chi connectivity index (χ1n) is 11.6. The molecule has 0 bridgehead atoms. The average molecular weight is 441 g/mol. The van der Waals surface area contributed by atoms with Gasteiger partial charge in [0.15, 0.2) is 0 Å². The molecule has 0 spiro atoms. The first-order valence-corrected chi connectivity index (χ1v) is 11.6. The Labute approximate surface area is 193 Å². The van der Waals surface area contributed by atoms with Gasteiger partial charge in [-0.05, 0) is 70.1 Å². The first kappa shape index (κ1) is 25.9. The maximum absolute atomic E-state index is 13.1. The molecule has 2 rings (SSSR count). The van der Waals surface area contributed by atoms with Crippen LogP contribution in [0.4, 0.5) is 0 Å². The van der Waals surface area contributed by atoms with E-state index >= 15 is 0 Å². The molecule has 176 valence electrons. The van der Waals surface area contributed by atoms with Crippen LogP contribution < -0.4 is 4.74 Å². The number of phenolic OH excluding ortho intramolecular Hbond substituents is 1. The van der Waals surface area contributed by atoms with Crippen LogP contribution in [0.15, 0.2) is 35.4 Å². The maximum atomic E-state index is 13.1. The van der Waals surface area contributed by atoms with Crippen LogP contribution in [0.2, 0.25) is 0 Å². The van der Waals surface area contributed by atoms with Gasteiger partial charge < -0.3 is 9.84 Å². The minimum Gasteiger partial charge on any atom is -0.508 e. The van der Waals surface area contributed by atoms with Crippen molar-refractivity contribution in [3.05, 3.63) is 46.6 Å². The highest BCUT2D eigenvalue weighted by Gasteiger charge is 2.52. The third-order valence-corrected chi connectivity index (χ3v) is 7.32. The lowest BCUT2D eigenvalue weighted by atomic mass is 9.62. The van der Waals surface area contributed by atoms with Crippen molar-refractivity contribution in [2.75, 3.05) is 7.11 Å². The lowest BCUT2D eigenvalue weighted by Gasteiger charge is -2.39. The Morgan fingerprint density at radius 2 is 1.81 bits per heavy atom. The second-order valence-corrected chi connectivity index (χ2v) is 10.3. The molecule has 0 unspecified atom stereocenters. The van der Waals surface area contributed by atoms with Crippen molar-refractivity contribution in [3.63, 3.8) is 0 Å². The number of ketones is 2. The van der Waals surface area contributed by atoms with E-state index in [4.69, 9.17) is 4.74 Å². The summed E-state index contributed by atoms with van der Waals surface area (Å²) in [6, 6.07) is 3.39. The number of Topliss-reactive ketones (excluding diaryl/α,β-unsaturated/α-hetero) is 2. The topological polar surface area (TPSA) is 63.6 Å². The summed E-state index contributed by atoms with van der Waals surface area (Å²) < 4.78 is 5.48. The van der Waals surface area contributed by atoms with Gasteiger partial charge in [-0.1, -0.05) is 43.6 Å². The van der Waals surface area contributed by atoms with Crippen LogP contribution in [0.1, 0.15) is 84.3 Å². The largest absolute Gasteiger partial charge is 0.508 e. The van der Waals surface area contributed by atoms with Gasteiger partial charge in [0.2, 0.25) is 0 Å². The standard InChI is InChI=1S/C28H40O4/c1-19(2)9-12-25(31)28(6)14-8-13-27(28,5)18-24(30)15-20(3)10-11-22-17-23(29)16-21(4)26(22)32-7/h9-10,16-17,29H,8,11-15,18H2,1-7H3/b20-10+/t27-,28+/m1/s1. The fourth-order valence-corrected chi connectivity index (χ4v) is 5.13. The number of hydrogen-bond acceptors (Lipinski definition) is 4. The minimum atomic E-state index is -0.446. The fraction of sp³-hybridized carbons (Fsp3) is 0.571. The van der Waals surface area contributed by atoms with Crippen molar-refractivity contribution in [2.24, 2.45) is 10.8 Å². The SMILES string of the molecule is COc1c(C)cc(O)cc1C/C=C(\C)CC(=O)C[C@@]1(C)CCC[C@@]1(C)C(=O)CC=C(C)C. The molecule has 1 aliphatic carbocycles. The molecule has 0 radical (unpaired) electrons. The summed E-state index contributed by atoms with van der Waals surface area (Å²) in [6.07, 6.45) is 8.66. The predicted octanol–water partition coefficient (Wildman–Crippen LogP) is 6.67. The minimum absolute atomic E-state index is 0.184. The second-order valence-electron chi connectivity index (χ2n) is 10.3. The monoisotopic (exact) mass is 440 g/mol. The van der Waals surface area contributed by atoms with E-state index in [0.717, 1.165) is 47.3 Å². The van der Waals surface area contributed by atoms with E-state index in [1.807, 2.05) is 39.8 Å². The number of aromatic hydroxyl groups is 1. The zero-order chi connectivity index (χ0) is 24.1. The van der Waals surface area contributed by atoms with Crippen molar-refractivity contribution in [1.29, 1.82) is 0 Å². The van der Waals surface area contributed by atoms with E-state index in [9.17, 15) is 14.7 Å². The molecule has 32 heavy (non-hydrogen) atoms. The Morgan fingerprint density at radius 1 is 1.12 bits per heavy atom. The lowest BCUT2D eigenvalue weighted by molar-refractivity contribution is -0.134. The number of carbonyl (C=O) groups excluding carboxylic acids is 2. The van der Waals surface area contributed by atoms with E-state index < -0.39 is 5.41 Å². The van der Waals surface area contributed by atoms with E-state index in [1.165, 1.54) is 0 Å². The summed E-state index contributed by atoms with van der Waals surface area (Å²) in [5, 5.41) is 9.91. The van der Waals surface area contributed by atoms with Crippen LogP contribution >= 0.6 is 0 Å². The molecule has 0 heterocycles. The lowest BCUT2D eigenvalue weighted by Crippen LogP contribution is -2.41. The number of phenols is 1. The molecular formula is C28H40O4. The predicted molar refractivity (Wildman–Crippen MR) is 130 cm³/mol. The molecule has 0 amide bonds. The van der Waals surface area contributed by atoms with Gasteiger partial charge in [0.05, 0.1) is 7.11 Å². The van der Waals surface area contributed by atoms with Gasteiger partial charge in [-0.2, -0.15) is 0 Å². The van der Waals surface area contributed by atoms with Gasteiger partial charge in [0.25, 0.3) is 0 Å². The number of benzene rings is 1. The van der Waals surface area contributed by atoms with Crippen LogP contribution in [0.25, 0.3) is 0 Å². The van der Waals surface area contributed by atoms with E-state index in [2.05, 4.69) is 13.8 Å². The van der Waals surface area contributed by atoms with Crippen LogP contribution in [0.3, 0.4) is 0 Å². The average Bonchev–Trinajstić information content (AvgIpc) is 2.98. The summed E-state index contributed by atoms with van der Waals surface area (Å²) in [5.74, 6) is 1.42. The summed E-state index contributed by atoms with van der Waals surface area (Å²) in [7, 11) is 1.63. The van der Waals surface area contributed by atoms with Gasteiger partial charge >= 0.3 is 0 Å². The van der Waals surface area contributed by atoms with Crippen molar-refractivity contribution in [1.82, 2.24) is 0 Å².